The highest BCUT2D eigenvalue weighted by atomic mass is 16.5. The van der Waals surface area contributed by atoms with Crippen molar-refractivity contribution in [2.24, 2.45) is 0 Å². The van der Waals surface area contributed by atoms with E-state index in [1.54, 1.807) is 18.2 Å². The third kappa shape index (κ3) is 4.50. The fourth-order valence-electron chi connectivity index (χ4n) is 4.31. The summed E-state index contributed by atoms with van der Waals surface area (Å²) in [5, 5.41) is 31.6. The van der Waals surface area contributed by atoms with E-state index in [1.165, 1.54) is 0 Å². The van der Waals surface area contributed by atoms with Crippen LogP contribution < -0.4 is 9.64 Å². The second-order valence-corrected chi connectivity index (χ2v) is 9.12. The molecule has 0 aliphatic heterocycles. The lowest BCUT2D eigenvalue weighted by molar-refractivity contribution is 0.446. The normalized spacial score (nSPS) is 10.9. The number of rotatable bonds is 5. The highest BCUT2D eigenvalue weighted by Gasteiger charge is 2.24. The second-order valence-electron chi connectivity index (χ2n) is 9.12. The molecule has 0 bridgehead atoms. The fraction of sp³-hybridized carbons (Fsp3) is 0.200. The molecule has 0 aliphatic rings. The van der Waals surface area contributed by atoms with Gasteiger partial charge in [0.25, 0.3) is 0 Å². The Morgan fingerprint density at radius 2 is 1.11 bits per heavy atom. The molecule has 5 nitrogen and oxygen atoms in total. The monoisotopic (exact) mass is 469 g/mol. The molecule has 0 saturated heterocycles. The van der Waals surface area contributed by atoms with E-state index >= 15 is 0 Å². The molecule has 35 heavy (non-hydrogen) atoms. The first kappa shape index (κ1) is 24.0. The number of para-hydroxylation sites is 2. The molecule has 0 radical (unpaired) electrons. The highest BCUT2D eigenvalue weighted by Crippen LogP contribution is 2.47. The maximum atomic E-state index is 10.7. The number of hydrogen-bond donors (Lipinski definition) is 3. The molecule has 0 aliphatic carbocycles. The second kappa shape index (κ2) is 9.26. The number of ether oxygens (including phenoxy) is 1. The molecule has 0 amide bonds. The average Bonchev–Trinajstić information content (AvgIpc) is 2.81. The van der Waals surface area contributed by atoms with Gasteiger partial charge in [-0.15, -0.1) is 0 Å². The Bertz CT molecular complexity index is 1370. The number of aryl methyl sites for hydroxylation is 3. The van der Waals surface area contributed by atoms with Gasteiger partial charge in [-0.25, -0.2) is 0 Å². The summed E-state index contributed by atoms with van der Waals surface area (Å²) in [4.78, 5) is 2.01. The van der Waals surface area contributed by atoms with Gasteiger partial charge in [-0.2, -0.15) is 0 Å². The van der Waals surface area contributed by atoms with Crippen molar-refractivity contribution in [3.8, 4) is 28.7 Å². The molecule has 5 heteroatoms. The molecule has 4 aromatic carbocycles. The number of nitrogens with zero attached hydrogens (tertiary/aromatic N) is 1. The van der Waals surface area contributed by atoms with E-state index in [9.17, 15) is 15.3 Å². The van der Waals surface area contributed by atoms with Crippen LogP contribution >= 0.6 is 0 Å². The number of aromatic hydroxyl groups is 3. The highest BCUT2D eigenvalue weighted by molar-refractivity contribution is 5.85. The summed E-state index contributed by atoms with van der Waals surface area (Å²) in [5.74, 6) is 1.71. The van der Waals surface area contributed by atoms with Crippen LogP contribution in [0.5, 0.6) is 28.7 Å². The first-order valence-corrected chi connectivity index (χ1v) is 11.5. The summed E-state index contributed by atoms with van der Waals surface area (Å²) in [6, 6.07) is 18.6. The van der Waals surface area contributed by atoms with Crippen LogP contribution in [0.3, 0.4) is 0 Å². The minimum absolute atomic E-state index is 0.166. The van der Waals surface area contributed by atoms with Gasteiger partial charge in [-0.3, -0.25) is 0 Å². The molecule has 0 aromatic heterocycles. The zero-order valence-corrected chi connectivity index (χ0v) is 21.0. The van der Waals surface area contributed by atoms with Gasteiger partial charge in [0.15, 0.2) is 5.75 Å². The van der Waals surface area contributed by atoms with Crippen molar-refractivity contribution in [1.29, 1.82) is 0 Å². The molecular weight excluding hydrogens is 438 g/mol. The summed E-state index contributed by atoms with van der Waals surface area (Å²) in [5.41, 5.74) is 7.05. The standard InChI is InChI=1S/C30H31NO4/c1-17-13-24(20(4)27(33)15-17)31(25-14-18(2)16-28(34)21(25)5)23-9-7-8-10-29(23)35-30-19(3)11-12-26(32)22(30)6/h7-16,32-34H,1-6H3. The lowest BCUT2D eigenvalue weighted by atomic mass is 10.0. The van der Waals surface area contributed by atoms with Crippen molar-refractivity contribution in [1.82, 2.24) is 0 Å². The molecule has 4 rings (SSSR count). The first-order valence-electron chi connectivity index (χ1n) is 11.5. The number of anilines is 3. The average molecular weight is 470 g/mol. The van der Waals surface area contributed by atoms with Gasteiger partial charge < -0.3 is 25.0 Å². The maximum absolute atomic E-state index is 10.7. The molecule has 0 unspecified atom stereocenters. The van der Waals surface area contributed by atoms with E-state index in [0.29, 0.717) is 28.2 Å². The summed E-state index contributed by atoms with van der Waals surface area (Å²) in [6.07, 6.45) is 0. The van der Waals surface area contributed by atoms with Crippen LogP contribution in [-0.2, 0) is 0 Å². The Hall–Kier alpha value is -4.12. The number of phenols is 3. The van der Waals surface area contributed by atoms with Crippen LogP contribution in [0.2, 0.25) is 0 Å². The zero-order chi connectivity index (χ0) is 25.4. The van der Waals surface area contributed by atoms with E-state index in [1.807, 2.05) is 88.9 Å². The molecule has 0 atom stereocenters. The van der Waals surface area contributed by atoms with Crippen molar-refractivity contribution in [2.45, 2.75) is 41.5 Å². The molecule has 3 N–H and O–H groups in total. The molecule has 0 fully saturated rings. The molecular formula is C30H31NO4. The Balaban J connectivity index is 2.01. The third-order valence-corrected chi connectivity index (χ3v) is 6.37. The van der Waals surface area contributed by atoms with Gasteiger partial charge in [0.1, 0.15) is 23.0 Å². The maximum Gasteiger partial charge on any atom is 0.151 e. The van der Waals surface area contributed by atoms with Crippen LogP contribution in [0.1, 0.15) is 33.4 Å². The van der Waals surface area contributed by atoms with Gasteiger partial charge in [0.05, 0.1) is 17.1 Å². The summed E-state index contributed by atoms with van der Waals surface area (Å²) < 4.78 is 6.45. The molecule has 180 valence electrons. The Kier molecular flexibility index (Phi) is 6.35. The van der Waals surface area contributed by atoms with Gasteiger partial charge in [0.2, 0.25) is 0 Å². The molecule has 0 heterocycles. The quantitative estimate of drug-likeness (QED) is 0.277. The van der Waals surface area contributed by atoms with Crippen LogP contribution in [-0.4, -0.2) is 15.3 Å². The van der Waals surface area contributed by atoms with Crippen LogP contribution in [0.15, 0.2) is 60.7 Å². The number of hydrogen-bond acceptors (Lipinski definition) is 5. The largest absolute Gasteiger partial charge is 0.508 e. The number of benzene rings is 4. The van der Waals surface area contributed by atoms with E-state index in [-0.39, 0.29) is 17.2 Å². The van der Waals surface area contributed by atoms with Crippen molar-refractivity contribution >= 4 is 17.1 Å². The summed E-state index contributed by atoms with van der Waals surface area (Å²) in [6.45, 7) is 11.4. The van der Waals surface area contributed by atoms with Crippen molar-refractivity contribution < 1.29 is 20.1 Å². The minimum atomic E-state index is 0.166. The number of phenolic OH excluding ortho intramolecular Hbond substituents is 3. The van der Waals surface area contributed by atoms with E-state index < -0.39 is 0 Å². The Labute approximate surface area is 206 Å². The lowest BCUT2D eigenvalue weighted by Gasteiger charge is -2.31. The predicted molar refractivity (Wildman–Crippen MR) is 141 cm³/mol. The Morgan fingerprint density at radius 1 is 0.571 bits per heavy atom. The zero-order valence-electron chi connectivity index (χ0n) is 21.0. The summed E-state index contributed by atoms with van der Waals surface area (Å²) in [7, 11) is 0. The van der Waals surface area contributed by atoms with Gasteiger partial charge in [0, 0.05) is 16.7 Å². The van der Waals surface area contributed by atoms with Gasteiger partial charge in [-0.05, 0) is 101 Å². The molecule has 4 aromatic rings. The van der Waals surface area contributed by atoms with Gasteiger partial charge >= 0.3 is 0 Å². The van der Waals surface area contributed by atoms with Crippen LogP contribution in [0.25, 0.3) is 0 Å². The third-order valence-electron chi connectivity index (χ3n) is 6.37. The molecule has 0 saturated carbocycles. The first-order chi connectivity index (χ1) is 16.6. The van der Waals surface area contributed by atoms with Crippen LogP contribution in [0, 0.1) is 41.5 Å². The predicted octanol–water partition coefficient (Wildman–Crippen LogP) is 7.92. The SMILES string of the molecule is Cc1cc(O)c(C)c(N(c2ccccc2Oc2c(C)ccc(O)c2C)c2cc(C)cc(O)c2C)c1. The van der Waals surface area contributed by atoms with Crippen molar-refractivity contribution in [3.63, 3.8) is 0 Å². The van der Waals surface area contributed by atoms with E-state index in [4.69, 9.17) is 4.74 Å². The van der Waals surface area contributed by atoms with Crippen molar-refractivity contribution in [3.05, 3.63) is 94.0 Å². The van der Waals surface area contributed by atoms with Crippen molar-refractivity contribution in [2.75, 3.05) is 4.90 Å². The van der Waals surface area contributed by atoms with Gasteiger partial charge in [-0.1, -0.05) is 18.2 Å². The van der Waals surface area contributed by atoms with E-state index in [2.05, 4.69) is 0 Å². The van der Waals surface area contributed by atoms with E-state index in [0.717, 1.165) is 33.8 Å². The molecule has 0 spiro atoms. The topological polar surface area (TPSA) is 73.2 Å². The Morgan fingerprint density at radius 3 is 1.69 bits per heavy atom. The smallest absolute Gasteiger partial charge is 0.151 e. The minimum Gasteiger partial charge on any atom is -0.508 e. The van der Waals surface area contributed by atoms with Crippen LogP contribution in [0.4, 0.5) is 17.1 Å². The lowest BCUT2D eigenvalue weighted by Crippen LogP contribution is -2.14. The summed E-state index contributed by atoms with van der Waals surface area (Å²) >= 11 is 0. The fourth-order valence-corrected chi connectivity index (χ4v) is 4.31.